The Morgan fingerprint density at radius 2 is 2.17 bits per heavy atom. The summed E-state index contributed by atoms with van der Waals surface area (Å²) in [6.45, 7) is 4.39. The van der Waals surface area contributed by atoms with Crippen molar-refractivity contribution in [2.24, 2.45) is 5.92 Å². The molecule has 23 heavy (non-hydrogen) atoms. The van der Waals surface area contributed by atoms with Gasteiger partial charge in [-0.2, -0.15) is 0 Å². The summed E-state index contributed by atoms with van der Waals surface area (Å²) in [6, 6.07) is 4.96. The second kappa shape index (κ2) is 8.01. The van der Waals surface area contributed by atoms with Gasteiger partial charge in [0.05, 0.1) is 17.0 Å². The molecule has 2 rings (SSSR count). The predicted molar refractivity (Wildman–Crippen MR) is 88.5 cm³/mol. The zero-order valence-electron chi connectivity index (χ0n) is 13.2. The molecule has 0 unspecified atom stereocenters. The Morgan fingerprint density at radius 3 is 2.91 bits per heavy atom. The Labute approximate surface area is 139 Å². The molecule has 6 nitrogen and oxygen atoms in total. The van der Waals surface area contributed by atoms with Gasteiger partial charge in [-0.3, -0.25) is 9.59 Å². The molecule has 7 heteroatoms. The number of rotatable bonds is 6. The first-order valence-corrected chi connectivity index (χ1v) is 8.45. The number of hydrogen-bond acceptors (Lipinski definition) is 5. The smallest absolute Gasteiger partial charge is 0.338 e. The van der Waals surface area contributed by atoms with Gasteiger partial charge >= 0.3 is 5.97 Å². The average molecular weight is 336 g/mol. The highest BCUT2D eigenvalue weighted by Gasteiger charge is 2.18. The molecule has 0 bridgehead atoms. The summed E-state index contributed by atoms with van der Waals surface area (Å²) in [5, 5.41) is 5.41. The van der Waals surface area contributed by atoms with Crippen LogP contribution in [0.3, 0.4) is 0 Å². The molecule has 1 aliphatic heterocycles. The zero-order valence-corrected chi connectivity index (χ0v) is 14.0. The molecule has 0 radical (unpaired) electrons. The number of benzene rings is 1. The van der Waals surface area contributed by atoms with E-state index in [0.29, 0.717) is 29.5 Å². The minimum atomic E-state index is -0.586. The highest BCUT2D eigenvalue weighted by Crippen LogP contribution is 2.32. The molecular weight excluding hydrogens is 316 g/mol. The molecule has 0 saturated carbocycles. The van der Waals surface area contributed by atoms with Crippen LogP contribution in [0.1, 0.15) is 30.6 Å². The standard InChI is InChI=1S/C16H20N2O4S/c1-10(2)5-6-17-14(19)8-22-16(21)11-3-4-13-12(7-11)18-15(20)9-23-13/h3-4,7,10H,5-6,8-9H2,1-2H3,(H,17,19)(H,18,20). The van der Waals surface area contributed by atoms with E-state index in [1.807, 2.05) is 0 Å². The summed E-state index contributed by atoms with van der Waals surface area (Å²) in [5.41, 5.74) is 0.906. The molecule has 2 amide bonds. The van der Waals surface area contributed by atoms with Gasteiger partial charge in [0.15, 0.2) is 6.61 Å². The van der Waals surface area contributed by atoms with E-state index in [0.717, 1.165) is 11.3 Å². The Kier molecular flexibility index (Phi) is 6.04. The Hall–Kier alpha value is -2.02. The fourth-order valence-corrected chi connectivity index (χ4v) is 2.76. The van der Waals surface area contributed by atoms with Crippen molar-refractivity contribution in [3.63, 3.8) is 0 Å². The van der Waals surface area contributed by atoms with Gasteiger partial charge in [-0.15, -0.1) is 11.8 Å². The van der Waals surface area contributed by atoms with Crippen LogP contribution in [-0.2, 0) is 14.3 Å². The van der Waals surface area contributed by atoms with E-state index in [1.54, 1.807) is 18.2 Å². The number of nitrogens with one attached hydrogen (secondary N) is 2. The minimum absolute atomic E-state index is 0.0995. The van der Waals surface area contributed by atoms with Gasteiger partial charge in [-0.1, -0.05) is 13.8 Å². The van der Waals surface area contributed by atoms with E-state index in [4.69, 9.17) is 4.74 Å². The number of carbonyl (C=O) groups is 3. The number of carbonyl (C=O) groups excluding carboxylic acids is 3. The van der Waals surface area contributed by atoms with Crippen molar-refractivity contribution in [2.75, 3.05) is 24.2 Å². The lowest BCUT2D eigenvalue weighted by Crippen LogP contribution is -2.30. The summed E-state index contributed by atoms with van der Waals surface area (Å²) in [5.74, 6) is -0.135. The minimum Gasteiger partial charge on any atom is -0.452 e. The van der Waals surface area contributed by atoms with Gasteiger partial charge in [0, 0.05) is 11.4 Å². The number of ether oxygens (including phenoxy) is 1. The van der Waals surface area contributed by atoms with Gasteiger partial charge in [0.25, 0.3) is 5.91 Å². The van der Waals surface area contributed by atoms with Gasteiger partial charge in [0.1, 0.15) is 0 Å². The SMILES string of the molecule is CC(C)CCNC(=O)COC(=O)c1ccc2c(c1)NC(=O)CS2. The fraction of sp³-hybridized carbons (Fsp3) is 0.438. The third-order valence-corrected chi connectivity index (χ3v) is 4.30. The topological polar surface area (TPSA) is 84.5 Å². The van der Waals surface area contributed by atoms with Crippen molar-refractivity contribution < 1.29 is 19.1 Å². The number of esters is 1. The highest BCUT2D eigenvalue weighted by atomic mass is 32.2. The zero-order chi connectivity index (χ0) is 16.8. The van der Waals surface area contributed by atoms with E-state index in [-0.39, 0.29) is 18.4 Å². The maximum absolute atomic E-state index is 12.0. The molecule has 1 heterocycles. The van der Waals surface area contributed by atoms with Crippen LogP contribution in [0.15, 0.2) is 23.1 Å². The lowest BCUT2D eigenvalue weighted by Gasteiger charge is -2.16. The van der Waals surface area contributed by atoms with Crippen LogP contribution in [0, 0.1) is 5.92 Å². The first-order valence-electron chi connectivity index (χ1n) is 7.46. The molecule has 0 aliphatic carbocycles. The fourth-order valence-electron chi connectivity index (χ4n) is 1.98. The van der Waals surface area contributed by atoms with Crippen LogP contribution in [0.25, 0.3) is 0 Å². The Morgan fingerprint density at radius 1 is 1.39 bits per heavy atom. The normalized spacial score (nSPS) is 13.3. The van der Waals surface area contributed by atoms with E-state index in [1.165, 1.54) is 11.8 Å². The number of fused-ring (bicyclic) bond motifs is 1. The van der Waals surface area contributed by atoms with Crippen LogP contribution < -0.4 is 10.6 Å². The van der Waals surface area contributed by atoms with E-state index >= 15 is 0 Å². The van der Waals surface area contributed by atoms with Crippen LogP contribution in [0.5, 0.6) is 0 Å². The highest BCUT2D eigenvalue weighted by molar-refractivity contribution is 8.00. The largest absolute Gasteiger partial charge is 0.452 e. The molecule has 0 atom stereocenters. The summed E-state index contributed by atoms with van der Waals surface area (Å²) in [7, 11) is 0. The van der Waals surface area contributed by atoms with Crippen molar-refractivity contribution in [1.82, 2.24) is 5.32 Å². The molecule has 1 aliphatic rings. The maximum atomic E-state index is 12.0. The van der Waals surface area contributed by atoms with Gasteiger partial charge in [-0.05, 0) is 30.5 Å². The first-order chi connectivity index (χ1) is 11.0. The van der Waals surface area contributed by atoms with Crippen molar-refractivity contribution in [2.45, 2.75) is 25.2 Å². The second-order valence-corrected chi connectivity index (χ2v) is 6.67. The molecule has 0 spiro atoms. The van der Waals surface area contributed by atoms with E-state index < -0.39 is 5.97 Å². The lowest BCUT2D eigenvalue weighted by atomic mass is 10.1. The summed E-state index contributed by atoms with van der Waals surface area (Å²) >= 11 is 1.42. The van der Waals surface area contributed by atoms with Gasteiger partial charge in [-0.25, -0.2) is 4.79 Å². The number of anilines is 1. The first kappa shape index (κ1) is 17.3. The molecule has 124 valence electrons. The molecule has 0 saturated heterocycles. The van der Waals surface area contributed by atoms with Gasteiger partial charge in [0.2, 0.25) is 5.91 Å². The van der Waals surface area contributed by atoms with E-state index in [9.17, 15) is 14.4 Å². The molecule has 1 aromatic carbocycles. The number of amides is 2. The lowest BCUT2D eigenvalue weighted by molar-refractivity contribution is -0.124. The third-order valence-electron chi connectivity index (χ3n) is 3.23. The van der Waals surface area contributed by atoms with Crippen molar-refractivity contribution in [3.8, 4) is 0 Å². The van der Waals surface area contributed by atoms with Crippen LogP contribution in [0.2, 0.25) is 0 Å². The van der Waals surface area contributed by atoms with Crippen molar-refractivity contribution in [1.29, 1.82) is 0 Å². The summed E-state index contributed by atoms with van der Waals surface area (Å²) in [6.07, 6.45) is 0.877. The quantitative estimate of drug-likeness (QED) is 0.777. The van der Waals surface area contributed by atoms with Gasteiger partial charge < -0.3 is 15.4 Å². The monoisotopic (exact) mass is 336 g/mol. The molecule has 2 N–H and O–H groups in total. The van der Waals surface area contributed by atoms with Crippen molar-refractivity contribution >= 4 is 35.2 Å². The average Bonchev–Trinajstić information content (AvgIpc) is 2.51. The van der Waals surface area contributed by atoms with Crippen LogP contribution in [0.4, 0.5) is 5.69 Å². The Bertz CT molecular complexity index is 616. The third kappa shape index (κ3) is 5.28. The molecule has 0 fully saturated rings. The summed E-state index contributed by atoms with van der Waals surface area (Å²) < 4.78 is 4.99. The van der Waals surface area contributed by atoms with E-state index in [2.05, 4.69) is 24.5 Å². The van der Waals surface area contributed by atoms with Crippen LogP contribution >= 0.6 is 11.8 Å². The maximum Gasteiger partial charge on any atom is 0.338 e. The number of hydrogen-bond donors (Lipinski definition) is 2. The predicted octanol–water partition coefficient (Wildman–Crippen LogP) is 2.05. The Balaban J connectivity index is 1.85. The molecular formula is C16H20N2O4S. The summed E-state index contributed by atoms with van der Waals surface area (Å²) in [4.78, 5) is 35.8. The number of thioether (sulfide) groups is 1. The second-order valence-electron chi connectivity index (χ2n) is 5.66. The van der Waals surface area contributed by atoms with Crippen molar-refractivity contribution in [3.05, 3.63) is 23.8 Å². The molecule has 1 aromatic rings. The van der Waals surface area contributed by atoms with Crippen LogP contribution in [-0.4, -0.2) is 36.7 Å². The molecule has 0 aromatic heterocycles.